The number of aliphatic imine (C=N–C) groups is 1. The lowest BCUT2D eigenvalue weighted by molar-refractivity contribution is -0.128. The lowest BCUT2D eigenvalue weighted by atomic mass is 10.2. The third-order valence-corrected chi connectivity index (χ3v) is 3.21. The molecule has 1 amide bonds. The number of nitrogens with one attached hydrogen (secondary N) is 2. The zero-order valence-electron chi connectivity index (χ0n) is 13.2. The van der Waals surface area contributed by atoms with Gasteiger partial charge in [-0.05, 0) is 18.6 Å². The van der Waals surface area contributed by atoms with Crippen molar-refractivity contribution >= 4 is 47.4 Å². The minimum Gasteiger partial charge on any atom is -0.357 e. The number of amides is 1. The molecule has 0 radical (unpaired) electrons. The fraction of sp³-hybridized carbons (Fsp3) is 0.467. The molecule has 1 aromatic carbocycles. The molecule has 22 heavy (non-hydrogen) atoms. The second-order valence-electron chi connectivity index (χ2n) is 4.75. The Morgan fingerprint density at radius 2 is 1.95 bits per heavy atom. The second kappa shape index (κ2) is 11.5. The summed E-state index contributed by atoms with van der Waals surface area (Å²) in [5, 5.41) is 7.00. The van der Waals surface area contributed by atoms with Gasteiger partial charge in [0, 0.05) is 38.6 Å². The van der Waals surface area contributed by atoms with Gasteiger partial charge in [-0.2, -0.15) is 0 Å². The number of nitrogens with zero attached hydrogens (tertiary/aromatic N) is 2. The van der Waals surface area contributed by atoms with Crippen molar-refractivity contribution in [1.29, 1.82) is 0 Å². The van der Waals surface area contributed by atoms with Crippen LogP contribution in [0.1, 0.15) is 18.9 Å². The molecular weight excluding hydrogens is 415 g/mol. The van der Waals surface area contributed by atoms with Crippen LogP contribution in [-0.4, -0.2) is 44.0 Å². The summed E-state index contributed by atoms with van der Waals surface area (Å²) in [6.45, 7) is 3.80. The number of hydrogen-bond acceptors (Lipinski definition) is 2. The Kier molecular flexibility index (Phi) is 11.0. The molecule has 7 heteroatoms. The molecule has 0 bridgehead atoms. The van der Waals surface area contributed by atoms with Crippen LogP contribution in [0.3, 0.4) is 0 Å². The fourth-order valence-corrected chi connectivity index (χ4v) is 1.84. The molecular formula is C15H24ClIN4O. The van der Waals surface area contributed by atoms with E-state index in [4.69, 9.17) is 11.6 Å². The van der Waals surface area contributed by atoms with Crippen LogP contribution in [0.4, 0.5) is 0 Å². The standard InChI is InChI=1S/C15H23ClN4O.HI/c1-4-17-15(18-10-9-14(21)20(2)3)19-11-12-7-5-6-8-13(12)16;/h5-8H,4,9-11H2,1-3H3,(H2,17,18,19);1H. The summed E-state index contributed by atoms with van der Waals surface area (Å²) in [6.07, 6.45) is 0.434. The number of guanidine groups is 1. The van der Waals surface area contributed by atoms with Gasteiger partial charge in [0.05, 0.1) is 6.54 Å². The largest absolute Gasteiger partial charge is 0.357 e. The van der Waals surface area contributed by atoms with Gasteiger partial charge in [0.25, 0.3) is 0 Å². The van der Waals surface area contributed by atoms with Gasteiger partial charge in [0.2, 0.25) is 5.91 Å². The zero-order valence-corrected chi connectivity index (χ0v) is 16.3. The lowest BCUT2D eigenvalue weighted by Gasteiger charge is -2.13. The first-order valence-electron chi connectivity index (χ1n) is 7.00. The topological polar surface area (TPSA) is 56.7 Å². The van der Waals surface area contributed by atoms with Gasteiger partial charge in [-0.15, -0.1) is 24.0 Å². The maximum Gasteiger partial charge on any atom is 0.223 e. The summed E-state index contributed by atoms with van der Waals surface area (Å²) in [4.78, 5) is 17.6. The van der Waals surface area contributed by atoms with Crippen LogP contribution in [-0.2, 0) is 11.3 Å². The quantitative estimate of drug-likeness (QED) is 0.408. The third-order valence-electron chi connectivity index (χ3n) is 2.84. The summed E-state index contributed by atoms with van der Waals surface area (Å²) in [7, 11) is 3.50. The maximum absolute atomic E-state index is 11.5. The fourth-order valence-electron chi connectivity index (χ4n) is 1.64. The van der Waals surface area contributed by atoms with E-state index in [2.05, 4.69) is 15.6 Å². The van der Waals surface area contributed by atoms with Crippen LogP contribution in [0.5, 0.6) is 0 Å². The minimum atomic E-state index is 0. The van der Waals surface area contributed by atoms with Crippen LogP contribution >= 0.6 is 35.6 Å². The Labute approximate surface area is 154 Å². The molecule has 0 fully saturated rings. The summed E-state index contributed by atoms with van der Waals surface area (Å²) < 4.78 is 0. The van der Waals surface area contributed by atoms with Gasteiger partial charge in [0.15, 0.2) is 5.96 Å². The number of carbonyl (C=O) groups is 1. The van der Waals surface area contributed by atoms with Crippen molar-refractivity contribution in [3.8, 4) is 0 Å². The van der Waals surface area contributed by atoms with E-state index < -0.39 is 0 Å². The van der Waals surface area contributed by atoms with E-state index in [-0.39, 0.29) is 29.9 Å². The molecule has 0 saturated carbocycles. The Hall–Kier alpha value is -1.02. The van der Waals surface area contributed by atoms with Crippen LogP contribution in [0.15, 0.2) is 29.3 Å². The maximum atomic E-state index is 11.5. The first kappa shape index (κ1) is 21.0. The lowest BCUT2D eigenvalue weighted by Crippen LogP contribution is -2.39. The van der Waals surface area contributed by atoms with Gasteiger partial charge in [-0.1, -0.05) is 29.8 Å². The molecule has 5 nitrogen and oxygen atoms in total. The predicted octanol–water partition coefficient (Wildman–Crippen LogP) is 2.49. The van der Waals surface area contributed by atoms with Crippen LogP contribution in [0.2, 0.25) is 5.02 Å². The van der Waals surface area contributed by atoms with E-state index >= 15 is 0 Å². The number of hydrogen-bond donors (Lipinski definition) is 2. The zero-order chi connectivity index (χ0) is 15.7. The molecule has 0 unspecified atom stereocenters. The van der Waals surface area contributed by atoms with Gasteiger partial charge in [0.1, 0.15) is 0 Å². The number of carbonyl (C=O) groups excluding carboxylic acids is 1. The molecule has 0 saturated heterocycles. The molecule has 0 aliphatic rings. The van der Waals surface area contributed by atoms with Crippen LogP contribution in [0, 0.1) is 0 Å². The highest BCUT2D eigenvalue weighted by atomic mass is 127. The minimum absolute atomic E-state index is 0. The molecule has 0 atom stereocenters. The highest BCUT2D eigenvalue weighted by Gasteiger charge is 2.04. The van der Waals surface area contributed by atoms with Gasteiger partial charge in [-0.3, -0.25) is 4.79 Å². The number of halogens is 2. The normalized spacial score (nSPS) is 10.6. The van der Waals surface area contributed by atoms with Crippen molar-refractivity contribution in [2.75, 3.05) is 27.2 Å². The Bertz CT molecular complexity index is 494. The van der Waals surface area contributed by atoms with Crippen molar-refractivity contribution in [2.24, 2.45) is 4.99 Å². The SMILES string of the molecule is CCNC(=NCc1ccccc1Cl)NCCC(=O)N(C)C.I. The Morgan fingerprint density at radius 1 is 1.27 bits per heavy atom. The van der Waals surface area contributed by atoms with Crippen LogP contribution in [0.25, 0.3) is 0 Å². The highest BCUT2D eigenvalue weighted by Crippen LogP contribution is 2.15. The highest BCUT2D eigenvalue weighted by molar-refractivity contribution is 14.0. The molecule has 0 heterocycles. The van der Waals surface area contributed by atoms with Crippen molar-refractivity contribution < 1.29 is 4.79 Å². The molecule has 0 aliphatic heterocycles. The Balaban J connectivity index is 0.00000441. The second-order valence-corrected chi connectivity index (χ2v) is 5.16. The van der Waals surface area contributed by atoms with Crippen molar-refractivity contribution in [2.45, 2.75) is 19.9 Å². The predicted molar refractivity (Wildman–Crippen MR) is 103 cm³/mol. The summed E-state index contributed by atoms with van der Waals surface area (Å²) in [5.74, 6) is 0.772. The summed E-state index contributed by atoms with van der Waals surface area (Å²) in [6, 6.07) is 7.63. The van der Waals surface area contributed by atoms with Crippen molar-refractivity contribution in [3.63, 3.8) is 0 Å². The summed E-state index contributed by atoms with van der Waals surface area (Å²) >= 11 is 6.11. The molecule has 124 valence electrons. The molecule has 0 aromatic heterocycles. The van der Waals surface area contributed by atoms with Crippen molar-refractivity contribution in [1.82, 2.24) is 15.5 Å². The molecule has 0 spiro atoms. The monoisotopic (exact) mass is 438 g/mol. The molecule has 1 rings (SSSR count). The molecule has 2 N–H and O–H groups in total. The summed E-state index contributed by atoms with van der Waals surface area (Å²) in [5.41, 5.74) is 0.973. The van der Waals surface area contributed by atoms with E-state index in [1.54, 1.807) is 19.0 Å². The smallest absolute Gasteiger partial charge is 0.223 e. The van der Waals surface area contributed by atoms with E-state index in [1.165, 1.54) is 0 Å². The third kappa shape index (κ3) is 7.84. The first-order chi connectivity index (χ1) is 10.0. The average Bonchev–Trinajstić information content (AvgIpc) is 2.45. The van der Waals surface area contributed by atoms with E-state index in [1.807, 2.05) is 31.2 Å². The molecule has 0 aliphatic carbocycles. The van der Waals surface area contributed by atoms with E-state index in [9.17, 15) is 4.79 Å². The van der Waals surface area contributed by atoms with Gasteiger partial charge in [-0.25, -0.2) is 4.99 Å². The van der Waals surface area contributed by atoms with E-state index in [0.29, 0.717) is 30.5 Å². The Morgan fingerprint density at radius 3 is 2.55 bits per heavy atom. The van der Waals surface area contributed by atoms with Gasteiger partial charge < -0.3 is 15.5 Å². The first-order valence-corrected chi connectivity index (χ1v) is 7.38. The van der Waals surface area contributed by atoms with Gasteiger partial charge >= 0.3 is 0 Å². The van der Waals surface area contributed by atoms with E-state index in [0.717, 1.165) is 12.1 Å². The van der Waals surface area contributed by atoms with Crippen molar-refractivity contribution in [3.05, 3.63) is 34.9 Å². The number of rotatable bonds is 6. The van der Waals surface area contributed by atoms with Crippen LogP contribution < -0.4 is 10.6 Å². The average molecular weight is 439 g/mol. The molecule has 1 aromatic rings. The number of benzene rings is 1.